The maximum absolute atomic E-state index is 5.59. The molecule has 0 saturated heterocycles. The average molecular weight is 176 g/mol. The van der Waals surface area contributed by atoms with E-state index in [0.717, 1.165) is 22.8 Å². The lowest BCUT2D eigenvalue weighted by Gasteiger charge is -1.94. The molecule has 0 amide bonds. The zero-order valence-corrected chi connectivity index (χ0v) is 7.46. The number of nitrogens with two attached hydrogens (primary N) is 1. The Hall–Kier alpha value is -1.55. The summed E-state index contributed by atoms with van der Waals surface area (Å²) in [4.78, 5) is 10.5. The summed E-state index contributed by atoms with van der Waals surface area (Å²) in [5, 5.41) is 0. The molecule has 2 rings (SSSR count). The van der Waals surface area contributed by atoms with Crippen LogP contribution in [0.3, 0.4) is 0 Å². The number of hydrogen-bond acceptors (Lipinski definition) is 2. The summed E-state index contributed by atoms with van der Waals surface area (Å²) in [5.74, 6) is 0.900. The van der Waals surface area contributed by atoms with Gasteiger partial charge in [0.05, 0.1) is 11.4 Å². The standard InChI is InChI=1S/C9H12N4/c1-6-12-8(4-10)9(13-6)7-2-3-11-5-7/h2-3,5,11H,4,10H2,1H3,(H,12,13). The van der Waals surface area contributed by atoms with Crippen molar-refractivity contribution in [1.29, 1.82) is 0 Å². The molecule has 0 aliphatic carbocycles. The number of hydrogen-bond donors (Lipinski definition) is 3. The van der Waals surface area contributed by atoms with Crippen LogP contribution in [0.4, 0.5) is 0 Å². The van der Waals surface area contributed by atoms with Crippen LogP contribution >= 0.6 is 0 Å². The van der Waals surface area contributed by atoms with Gasteiger partial charge in [0.1, 0.15) is 5.82 Å². The lowest BCUT2D eigenvalue weighted by Crippen LogP contribution is -1.98. The normalized spacial score (nSPS) is 10.6. The average Bonchev–Trinajstić information content (AvgIpc) is 2.71. The molecular formula is C9H12N4. The number of imidazole rings is 1. The number of nitrogens with one attached hydrogen (secondary N) is 2. The van der Waals surface area contributed by atoms with Crippen molar-refractivity contribution in [2.24, 2.45) is 5.73 Å². The first-order valence-electron chi connectivity index (χ1n) is 4.20. The molecule has 0 aliphatic heterocycles. The third kappa shape index (κ3) is 1.36. The first kappa shape index (κ1) is 8.07. The summed E-state index contributed by atoms with van der Waals surface area (Å²) in [6.45, 7) is 2.41. The second-order valence-electron chi connectivity index (χ2n) is 2.95. The second kappa shape index (κ2) is 3.06. The molecule has 68 valence electrons. The van der Waals surface area contributed by atoms with Gasteiger partial charge < -0.3 is 15.7 Å². The molecule has 4 heteroatoms. The molecule has 0 fully saturated rings. The Balaban J connectivity index is 2.50. The fraction of sp³-hybridized carbons (Fsp3) is 0.222. The van der Waals surface area contributed by atoms with Crippen molar-refractivity contribution in [3.63, 3.8) is 0 Å². The van der Waals surface area contributed by atoms with E-state index in [1.807, 2.05) is 25.4 Å². The van der Waals surface area contributed by atoms with Gasteiger partial charge in [-0.05, 0) is 13.0 Å². The van der Waals surface area contributed by atoms with Crippen LogP contribution in [-0.2, 0) is 6.54 Å². The molecular weight excluding hydrogens is 164 g/mol. The topological polar surface area (TPSA) is 70.5 Å². The van der Waals surface area contributed by atoms with Crippen LogP contribution in [0.25, 0.3) is 11.3 Å². The van der Waals surface area contributed by atoms with Gasteiger partial charge >= 0.3 is 0 Å². The summed E-state index contributed by atoms with van der Waals surface area (Å²) >= 11 is 0. The maximum Gasteiger partial charge on any atom is 0.103 e. The van der Waals surface area contributed by atoms with E-state index in [2.05, 4.69) is 15.0 Å². The Morgan fingerprint density at radius 2 is 2.38 bits per heavy atom. The maximum atomic E-state index is 5.59. The molecule has 2 aromatic heterocycles. The largest absolute Gasteiger partial charge is 0.367 e. The zero-order chi connectivity index (χ0) is 9.26. The molecule has 0 aliphatic rings. The van der Waals surface area contributed by atoms with Gasteiger partial charge in [0, 0.05) is 24.5 Å². The van der Waals surface area contributed by atoms with Crippen LogP contribution < -0.4 is 5.73 Å². The summed E-state index contributed by atoms with van der Waals surface area (Å²) in [7, 11) is 0. The highest BCUT2D eigenvalue weighted by atomic mass is 14.9. The highest BCUT2D eigenvalue weighted by Gasteiger charge is 2.08. The number of rotatable bonds is 2. The van der Waals surface area contributed by atoms with Gasteiger partial charge in [0.25, 0.3) is 0 Å². The quantitative estimate of drug-likeness (QED) is 0.642. The molecule has 0 radical (unpaired) electrons. The smallest absolute Gasteiger partial charge is 0.103 e. The minimum Gasteiger partial charge on any atom is -0.367 e. The fourth-order valence-electron chi connectivity index (χ4n) is 1.40. The molecule has 2 heterocycles. The highest BCUT2D eigenvalue weighted by Crippen LogP contribution is 2.20. The van der Waals surface area contributed by atoms with Gasteiger partial charge in [-0.1, -0.05) is 0 Å². The van der Waals surface area contributed by atoms with Crippen LogP contribution in [0, 0.1) is 6.92 Å². The van der Waals surface area contributed by atoms with Crippen molar-refractivity contribution in [3.05, 3.63) is 30.0 Å². The predicted octanol–water partition coefficient (Wildman–Crippen LogP) is 1.17. The Morgan fingerprint density at radius 3 is 3.00 bits per heavy atom. The van der Waals surface area contributed by atoms with Crippen LogP contribution in [-0.4, -0.2) is 15.0 Å². The minimum absolute atomic E-state index is 0.487. The molecule has 4 N–H and O–H groups in total. The Morgan fingerprint density at radius 1 is 1.54 bits per heavy atom. The highest BCUT2D eigenvalue weighted by molar-refractivity contribution is 5.61. The van der Waals surface area contributed by atoms with Crippen molar-refractivity contribution in [2.45, 2.75) is 13.5 Å². The zero-order valence-electron chi connectivity index (χ0n) is 7.46. The lowest BCUT2D eigenvalue weighted by molar-refractivity contribution is 0.998. The van der Waals surface area contributed by atoms with E-state index in [-0.39, 0.29) is 0 Å². The summed E-state index contributed by atoms with van der Waals surface area (Å²) in [6, 6.07) is 1.98. The van der Waals surface area contributed by atoms with Crippen molar-refractivity contribution < 1.29 is 0 Å². The molecule has 0 atom stereocenters. The van der Waals surface area contributed by atoms with Gasteiger partial charge in [0.2, 0.25) is 0 Å². The molecule has 4 nitrogen and oxygen atoms in total. The Bertz CT molecular complexity index is 386. The first-order chi connectivity index (χ1) is 6.31. The van der Waals surface area contributed by atoms with E-state index in [1.165, 1.54) is 0 Å². The van der Waals surface area contributed by atoms with E-state index in [4.69, 9.17) is 5.73 Å². The predicted molar refractivity (Wildman–Crippen MR) is 51.0 cm³/mol. The summed E-state index contributed by atoms with van der Waals surface area (Å²) < 4.78 is 0. The van der Waals surface area contributed by atoms with E-state index >= 15 is 0 Å². The van der Waals surface area contributed by atoms with E-state index in [0.29, 0.717) is 6.54 Å². The monoisotopic (exact) mass is 176 g/mol. The lowest BCUT2D eigenvalue weighted by atomic mass is 10.2. The number of aromatic nitrogens is 3. The molecule has 0 saturated carbocycles. The number of nitrogens with zero attached hydrogens (tertiary/aromatic N) is 1. The Labute approximate surface area is 76.2 Å². The number of H-pyrrole nitrogens is 2. The second-order valence-corrected chi connectivity index (χ2v) is 2.95. The Kier molecular flexibility index (Phi) is 1.90. The van der Waals surface area contributed by atoms with Gasteiger partial charge in [-0.2, -0.15) is 0 Å². The van der Waals surface area contributed by atoms with Crippen molar-refractivity contribution in [2.75, 3.05) is 0 Å². The van der Waals surface area contributed by atoms with Crippen LogP contribution in [0.15, 0.2) is 18.5 Å². The summed E-state index contributed by atoms with van der Waals surface area (Å²) in [6.07, 6.45) is 3.79. The van der Waals surface area contributed by atoms with Gasteiger partial charge in [-0.25, -0.2) is 4.98 Å². The number of aryl methyl sites for hydroxylation is 1. The molecule has 0 spiro atoms. The minimum atomic E-state index is 0.487. The third-order valence-corrected chi connectivity index (χ3v) is 1.97. The van der Waals surface area contributed by atoms with E-state index < -0.39 is 0 Å². The van der Waals surface area contributed by atoms with Crippen LogP contribution in [0.2, 0.25) is 0 Å². The van der Waals surface area contributed by atoms with Crippen molar-refractivity contribution in [1.82, 2.24) is 15.0 Å². The molecule has 2 aromatic rings. The van der Waals surface area contributed by atoms with Crippen LogP contribution in [0.1, 0.15) is 11.5 Å². The van der Waals surface area contributed by atoms with E-state index in [9.17, 15) is 0 Å². The molecule has 13 heavy (non-hydrogen) atoms. The number of aromatic amines is 2. The van der Waals surface area contributed by atoms with Gasteiger partial charge in [-0.15, -0.1) is 0 Å². The van der Waals surface area contributed by atoms with Gasteiger partial charge in [-0.3, -0.25) is 0 Å². The molecule has 0 unspecified atom stereocenters. The molecule has 0 bridgehead atoms. The fourth-order valence-corrected chi connectivity index (χ4v) is 1.40. The van der Waals surface area contributed by atoms with Gasteiger partial charge in [0.15, 0.2) is 0 Å². The first-order valence-corrected chi connectivity index (χ1v) is 4.20. The van der Waals surface area contributed by atoms with Crippen molar-refractivity contribution in [3.8, 4) is 11.3 Å². The molecule has 0 aromatic carbocycles. The van der Waals surface area contributed by atoms with Crippen molar-refractivity contribution >= 4 is 0 Å². The van der Waals surface area contributed by atoms with Crippen LogP contribution in [0.5, 0.6) is 0 Å². The SMILES string of the molecule is Cc1nc(-c2cc[nH]c2)c(CN)[nH]1. The third-order valence-electron chi connectivity index (χ3n) is 1.97. The summed E-state index contributed by atoms with van der Waals surface area (Å²) in [5.41, 5.74) is 8.59. The van der Waals surface area contributed by atoms with E-state index in [1.54, 1.807) is 0 Å².